The van der Waals surface area contributed by atoms with Crippen LogP contribution in [0.1, 0.15) is 67.2 Å². The Hall–Kier alpha value is -1.12. The van der Waals surface area contributed by atoms with Crippen LogP contribution in [0.5, 0.6) is 0 Å². The van der Waals surface area contributed by atoms with Gasteiger partial charge in [-0.1, -0.05) is 46.6 Å². The van der Waals surface area contributed by atoms with E-state index < -0.39 is 0 Å². The van der Waals surface area contributed by atoms with Crippen LogP contribution in [0.2, 0.25) is 0 Å². The van der Waals surface area contributed by atoms with Crippen molar-refractivity contribution in [2.24, 2.45) is 0 Å². The van der Waals surface area contributed by atoms with E-state index in [9.17, 15) is 0 Å². The molecule has 0 unspecified atom stereocenters. The van der Waals surface area contributed by atoms with Crippen LogP contribution < -0.4 is 0 Å². The van der Waals surface area contributed by atoms with Gasteiger partial charge in [0.1, 0.15) is 0 Å². The zero-order valence-electron chi connectivity index (χ0n) is 15.4. The average molecular weight is 309 g/mol. The van der Waals surface area contributed by atoms with E-state index >= 15 is 0 Å². The molecule has 0 aliphatic carbocycles. The van der Waals surface area contributed by atoms with Gasteiger partial charge < -0.3 is 10.2 Å². The summed E-state index contributed by atoms with van der Waals surface area (Å²) in [6.45, 7) is 12.8. The summed E-state index contributed by atoms with van der Waals surface area (Å²) in [7, 11) is 0. The van der Waals surface area contributed by atoms with E-state index in [1.807, 2.05) is 12.2 Å². The van der Waals surface area contributed by atoms with E-state index in [-0.39, 0.29) is 13.2 Å². The molecule has 2 heteroatoms. The Labute approximate surface area is 138 Å². The van der Waals surface area contributed by atoms with Gasteiger partial charge in [0, 0.05) is 0 Å². The molecule has 0 saturated carbocycles. The third-order valence-electron chi connectivity index (χ3n) is 3.06. The van der Waals surface area contributed by atoms with Crippen LogP contribution in [0.4, 0.5) is 0 Å². The van der Waals surface area contributed by atoms with Crippen LogP contribution in [0.3, 0.4) is 0 Å². The second kappa shape index (κ2) is 16.3. The van der Waals surface area contributed by atoms with Crippen molar-refractivity contribution in [3.8, 4) is 0 Å². The van der Waals surface area contributed by atoms with E-state index in [2.05, 4.69) is 53.7 Å². The molecule has 0 aliphatic heterocycles. The molecule has 0 bridgehead atoms. The number of aliphatic hydroxyl groups excluding tert-OH is 2. The lowest BCUT2D eigenvalue weighted by atomic mass is 10.1. The molecule has 0 radical (unpaired) electrons. The highest BCUT2D eigenvalue weighted by atomic mass is 16.3. The zero-order chi connectivity index (χ0) is 17.4. The first-order valence-electron chi connectivity index (χ1n) is 8.13. The molecule has 128 valence electrons. The van der Waals surface area contributed by atoms with Crippen molar-refractivity contribution < 1.29 is 10.2 Å². The van der Waals surface area contributed by atoms with Crippen molar-refractivity contribution >= 4 is 0 Å². The lowest BCUT2D eigenvalue weighted by Crippen LogP contribution is -1.80. The van der Waals surface area contributed by atoms with Crippen LogP contribution in [-0.2, 0) is 0 Å². The van der Waals surface area contributed by atoms with Crippen LogP contribution in [0.15, 0.2) is 46.6 Å². The Morgan fingerprint density at radius 2 is 0.909 bits per heavy atom. The molecule has 0 heterocycles. The number of rotatable bonds is 8. The van der Waals surface area contributed by atoms with Crippen LogP contribution in [0, 0.1) is 0 Å². The van der Waals surface area contributed by atoms with E-state index in [4.69, 9.17) is 10.2 Å². The van der Waals surface area contributed by atoms with Gasteiger partial charge in [0.2, 0.25) is 0 Å². The molecule has 0 atom stereocenters. The van der Waals surface area contributed by atoms with Gasteiger partial charge in [0.05, 0.1) is 13.2 Å². The summed E-state index contributed by atoms with van der Waals surface area (Å²) in [5.41, 5.74) is 5.26. The van der Waals surface area contributed by atoms with Gasteiger partial charge in [-0.05, 0) is 67.2 Å². The third-order valence-corrected chi connectivity index (χ3v) is 3.06. The minimum Gasteiger partial charge on any atom is -0.392 e. The lowest BCUT2D eigenvalue weighted by molar-refractivity contribution is 0.341. The quantitative estimate of drug-likeness (QED) is 0.594. The summed E-state index contributed by atoms with van der Waals surface area (Å²) in [5, 5.41) is 17.1. The van der Waals surface area contributed by atoms with E-state index in [1.54, 1.807) is 0 Å². The lowest BCUT2D eigenvalue weighted by Gasteiger charge is -1.96. The molecule has 0 saturated heterocycles. The van der Waals surface area contributed by atoms with Gasteiger partial charge in [0.25, 0.3) is 0 Å². The SMILES string of the molecule is CC(C)=CCC/C(C)=C/CO.CC(C)=CCC/C(C)=C\CO. The fourth-order valence-electron chi connectivity index (χ4n) is 1.69. The van der Waals surface area contributed by atoms with Gasteiger partial charge in [-0.3, -0.25) is 0 Å². The van der Waals surface area contributed by atoms with Gasteiger partial charge >= 0.3 is 0 Å². The van der Waals surface area contributed by atoms with Gasteiger partial charge in [0.15, 0.2) is 0 Å². The molecule has 0 amide bonds. The molecule has 2 nitrogen and oxygen atoms in total. The maximum absolute atomic E-state index is 8.55. The molecule has 0 fully saturated rings. The largest absolute Gasteiger partial charge is 0.392 e. The molecule has 0 aromatic heterocycles. The molecule has 0 aliphatic rings. The van der Waals surface area contributed by atoms with Crippen molar-refractivity contribution in [3.63, 3.8) is 0 Å². The van der Waals surface area contributed by atoms with Gasteiger partial charge in [-0.25, -0.2) is 0 Å². The number of hydrogen-bond acceptors (Lipinski definition) is 2. The highest BCUT2D eigenvalue weighted by Gasteiger charge is 1.87. The minimum absolute atomic E-state index is 0.167. The monoisotopic (exact) mass is 308 g/mol. The molecular weight excluding hydrogens is 272 g/mol. The number of allylic oxidation sites excluding steroid dienone is 6. The molecule has 0 aromatic rings. The predicted octanol–water partition coefficient (Wildman–Crippen LogP) is 5.34. The Balaban J connectivity index is 0. The molecule has 0 rings (SSSR count). The van der Waals surface area contributed by atoms with Crippen molar-refractivity contribution in [1.29, 1.82) is 0 Å². The predicted molar refractivity (Wildman–Crippen MR) is 99.0 cm³/mol. The smallest absolute Gasteiger partial charge is 0.0614 e. The summed E-state index contributed by atoms with van der Waals surface area (Å²) in [5.74, 6) is 0. The Kier molecular flexibility index (Phi) is 17.1. The molecule has 0 aromatic carbocycles. The number of aliphatic hydroxyl groups is 2. The van der Waals surface area contributed by atoms with Crippen LogP contribution >= 0.6 is 0 Å². The van der Waals surface area contributed by atoms with Gasteiger partial charge in [-0.15, -0.1) is 0 Å². The second-order valence-electron chi connectivity index (χ2n) is 6.11. The Bertz CT molecular complexity index is 339. The summed E-state index contributed by atoms with van der Waals surface area (Å²) < 4.78 is 0. The first-order valence-corrected chi connectivity index (χ1v) is 8.13. The third kappa shape index (κ3) is 21.2. The molecule has 0 spiro atoms. The van der Waals surface area contributed by atoms with Crippen molar-refractivity contribution in [1.82, 2.24) is 0 Å². The first-order chi connectivity index (χ1) is 10.3. The van der Waals surface area contributed by atoms with E-state index in [0.29, 0.717) is 0 Å². The Morgan fingerprint density at radius 1 is 0.591 bits per heavy atom. The average Bonchev–Trinajstić information content (AvgIpc) is 2.39. The summed E-state index contributed by atoms with van der Waals surface area (Å²) in [4.78, 5) is 0. The summed E-state index contributed by atoms with van der Waals surface area (Å²) in [6.07, 6.45) is 12.5. The fraction of sp³-hybridized carbons (Fsp3) is 0.600. The van der Waals surface area contributed by atoms with Crippen molar-refractivity contribution in [3.05, 3.63) is 46.6 Å². The maximum atomic E-state index is 8.55. The normalized spacial score (nSPS) is 11.5. The second-order valence-corrected chi connectivity index (χ2v) is 6.11. The van der Waals surface area contributed by atoms with E-state index in [1.165, 1.54) is 22.3 Å². The minimum atomic E-state index is 0.167. The number of hydrogen-bond donors (Lipinski definition) is 2. The fourth-order valence-corrected chi connectivity index (χ4v) is 1.69. The highest BCUT2D eigenvalue weighted by molar-refractivity contribution is 5.02. The van der Waals surface area contributed by atoms with Gasteiger partial charge in [-0.2, -0.15) is 0 Å². The molecule has 22 heavy (non-hydrogen) atoms. The molecular formula is C20H36O2. The Morgan fingerprint density at radius 3 is 1.14 bits per heavy atom. The summed E-state index contributed by atoms with van der Waals surface area (Å²) in [6, 6.07) is 0. The van der Waals surface area contributed by atoms with Crippen LogP contribution in [-0.4, -0.2) is 23.4 Å². The standard InChI is InChI=1S/2C10H18O/c2*1-9(2)5-4-6-10(3)7-8-11/h2*5,7,11H,4,6,8H2,1-3H3/b10-7+;10-7-. The maximum Gasteiger partial charge on any atom is 0.0614 e. The summed E-state index contributed by atoms with van der Waals surface area (Å²) >= 11 is 0. The van der Waals surface area contributed by atoms with E-state index in [0.717, 1.165) is 25.7 Å². The van der Waals surface area contributed by atoms with Crippen molar-refractivity contribution in [2.45, 2.75) is 67.2 Å². The molecule has 2 N–H and O–H groups in total. The topological polar surface area (TPSA) is 40.5 Å². The van der Waals surface area contributed by atoms with Crippen LogP contribution in [0.25, 0.3) is 0 Å². The first kappa shape index (κ1) is 23.2. The highest BCUT2D eigenvalue weighted by Crippen LogP contribution is 2.06. The van der Waals surface area contributed by atoms with Crippen molar-refractivity contribution in [2.75, 3.05) is 13.2 Å². The zero-order valence-corrected chi connectivity index (χ0v) is 15.4.